The zero-order chi connectivity index (χ0) is 15.8. The number of methoxy groups -OCH3 is 1. The minimum absolute atomic E-state index is 0.433. The van der Waals surface area contributed by atoms with Crippen molar-refractivity contribution in [2.24, 2.45) is 0 Å². The second-order valence-electron chi connectivity index (χ2n) is 5.32. The number of benzene rings is 2. The lowest BCUT2D eigenvalue weighted by molar-refractivity contribution is 0.414. The van der Waals surface area contributed by atoms with Gasteiger partial charge in [0.1, 0.15) is 5.75 Å². The predicted octanol–water partition coefficient (Wildman–Crippen LogP) is 4.03. The Bertz CT molecular complexity index is 876. The summed E-state index contributed by atoms with van der Waals surface area (Å²) in [5.74, 6) is 1.62. The zero-order valence-corrected chi connectivity index (χ0v) is 13.2. The molecule has 1 aromatic heterocycles. The number of hydrogen-bond donors (Lipinski definition) is 1. The van der Waals surface area contributed by atoms with E-state index in [2.05, 4.69) is 27.6 Å². The van der Waals surface area contributed by atoms with Crippen LogP contribution in [0.3, 0.4) is 0 Å². The van der Waals surface area contributed by atoms with Gasteiger partial charge in [-0.25, -0.2) is 0 Å². The Morgan fingerprint density at radius 1 is 1.17 bits per heavy atom. The normalized spacial score (nSPS) is 12.8. The summed E-state index contributed by atoms with van der Waals surface area (Å²) in [7, 11) is 1.58. The lowest BCUT2D eigenvalue weighted by Crippen LogP contribution is -1.90. The molecule has 0 amide bonds. The molecule has 0 bridgehead atoms. The molecule has 2 aromatic carbocycles. The molecule has 0 spiro atoms. The number of nitrogens with zero attached hydrogens (tertiary/aromatic N) is 2. The van der Waals surface area contributed by atoms with Crippen LogP contribution in [0.1, 0.15) is 5.56 Å². The quantitative estimate of drug-likeness (QED) is 0.787. The fourth-order valence-corrected chi connectivity index (χ4v) is 2.96. The number of halogens is 1. The van der Waals surface area contributed by atoms with Crippen LogP contribution in [0.15, 0.2) is 40.9 Å². The van der Waals surface area contributed by atoms with E-state index in [4.69, 9.17) is 20.9 Å². The molecule has 0 atom stereocenters. The maximum Gasteiger partial charge on any atom is 0.258 e. The second kappa shape index (κ2) is 5.59. The molecule has 0 fully saturated rings. The molecule has 1 N–H and O–H groups in total. The van der Waals surface area contributed by atoms with E-state index in [-0.39, 0.29) is 0 Å². The van der Waals surface area contributed by atoms with Gasteiger partial charge >= 0.3 is 0 Å². The first-order valence-electron chi connectivity index (χ1n) is 7.29. The van der Waals surface area contributed by atoms with Crippen LogP contribution in [-0.2, 0) is 6.42 Å². The molecule has 4 rings (SSSR count). The standard InChI is InChI=1S/C17H14ClN3O2/c1-22-15-5-3-12(9-13(15)18)17-20-16(21-23-17)11-2-4-14-10(8-11)6-7-19-14/h2-5,8-9,19H,6-7H2,1H3. The van der Waals surface area contributed by atoms with Crippen molar-refractivity contribution < 1.29 is 9.26 Å². The fraction of sp³-hybridized carbons (Fsp3) is 0.176. The van der Waals surface area contributed by atoms with Crippen LogP contribution in [0.5, 0.6) is 5.75 Å². The molecule has 2 heterocycles. The van der Waals surface area contributed by atoms with Gasteiger partial charge in [0.25, 0.3) is 5.89 Å². The summed E-state index contributed by atoms with van der Waals surface area (Å²) in [6.45, 7) is 0.973. The Labute approximate surface area is 138 Å². The van der Waals surface area contributed by atoms with Crippen LogP contribution in [0.25, 0.3) is 22.8 Å². The highest BCUT2D eigenvalue weighted by molar-refractivity contribution is 6.32. The molecule has 1 aliphatic rings. The Morgan fingerprint density at radius 3 is 2.87 bits per heavy atom. The number of fused-ring (bicyclic) bond motifs is 1. The third kappa shape index (κ3) is 2.53. The number of anilines is 1. The van der Waals surface area contributed by atoms with Crippen LogP contribution in [0, 0.1) is 0 Å². The number of aromatic nitrogens is 2. The lowest BCUT2D eigenvalue weighted by Gasteiger charge is -2.03. The molecule has 0 aliphatic carbocycles. The smallest absolute Gasteiger partial charge is 0.258 e. The van der Waals surface area contributed by atoms with Crippen molar-refractivity contribution in [2.75, 3.05) is 19.0 Å². The third-order valence-corrected chi connectivity index (χ3v) is 4.19. The summed E-state index contributed by atoms with van der Waals surface area (Å²) in [6.07, 6.45) is 1.02. The van der Waals surface area contributed by atoms with Gasteiger partial charge in [-0.15, -0.1) is 0 Å². The van der Waals surface area contributed by atoms with Crippen LogP contribution in [0.2, 0.25) is 5.02 Å². The van der Waals surface area contributed by atoms with Gasteiger partial charge in [-0.2, -0.15) is 4.98 Å². The highest BCUT2D eigenvalue weighted by atomic mass is 35.5. The van der Waals surface area contributed by atoms with Crippen molar-refractivity contribution in [3.8, 4) is 28.6 Å². The first-order chi connectivity index (χ1) is 11.2. The Balaban J connectivity index is 1.68. The van der Waals surface area contributed by atoms with Gasteiger partial charge in [0.15, 0.2) is 0 Å². The largest absolute Gasteiger partial charge is 0.495 e. The monoisotopic (exact) mass is 327 g/mol. The van der Waals surface area contributed by atoms with Gasteiger partial charge in [-0.05, 0) is 48.4 Å². The molecule has 23 heavy (non-hydrogen) atoms. The van der Waals surface area contributed by atoms with Crippen molar-refractivity contribution in [1.29, 1.82) is 0 Å². The van der Waals surface area contributed by atoms with Crippen molar-refractivity contribution in [1.82, 2.24) is 10.1 Å². The highest BCUT2D eigenvalue weighted by Crippen LogP contribution is 2.31. The topological polar surface area (TPSA) is 60.2 Å². The average molecular weight is 328 g/mol. The summed E-state index contributed by atoms with van der Waals surface area (Å²) in [5, 5.41) is 7.92. The van der Waals surface area contributed by atoms with Crippen LogP contribution < -0.4 is 10.1 Å². The lowest BCUT2D eigenvalue weighted by atomic mass is 10.1. The van der Waals surface area contributed by atoms with E-state index in [1.54, 1.807) is 19.2 Å². The summed E-state index contributed by atoms with van der Waals surface area (Å²) >= 11 is 6.15. The molecule has 3 aromatic rings. The number of rotatable bonds is 3. The van der Waals surface area contributed by atoms with Crippen LogP contribution in [0.4, 0.5) is 5.69 Å². The summed E-state index contributed by atoms with van der Waals surface area (Å²) in [4.78, 5) is 4.48. The van der Waals surface area contributed by atoms with Gasteiger partial charge in [-0.1, -0.05) is 16.8 Å². The fourth-order valence-electron chi connectivity index (χ4n) is 2.70. The molecule has 1 aliphatic heterocycles. The van der Waals surface area contributed by atoms with Crippen molar-refractivity contribution in [2.45, 2.75) is 6.42 Å². The van der Waals surface area contributed by atoms with Gasteiger partial charge in [0.05, 0.1) is 12.1 Å². The van der Waals surface area contributed by atoms with Crippen molar-refractivity contribution in [3.05, 3.63) is 47.0 Å². The molecular formula is C17H14ClN3O2. The van der Waals surface area contributed by atoms with E-state index in [1.807, 2.05) is 12.1 Å². The minimum Gasteiger partial charge on any atom is -0.495 e. The maximum atomic E-state index is 6.15. The van der Waals surface area contributed by atoms with Crippen LogP contribution >= 0.6 is 11.6 Å². The Hall–Kier alpha value is -2.53. The van der Waals surface area contributed by atoms with E-state index >= 15 is 0 Å². The van der Waals surface area contributed by atoms with Gasteiger partial charge < -0.3 is 14.6 Å². The Morgan fingerprint density at radius 2 is 2.04 bits per heavy atom. The van der Waals surface area contributed by atoms with Gasteiger partial charge in [-0.3, -0.25) is 0 Å². The summed E-state index contributed by atoms with van der Waals surface area (Å²) in [6, 6.07) is 11.5. The molecule has 0 saturated heterocycles. The average Bonchev–Trinajstić information content (AvgIpc) is 3.23. The first-order valence-corrected chi connectivity index (χ1v) is 7.67. The predicted molar refractivity (Wildman–Crippen MR) is 88.9 cm³/mol. The maximum absolute atomic E-state index is 6.15. The first kappa shape index (κ1) is 14.1. The van der Waals surface area contributed by atoms with Crippen molar-refractivity contribution >= 4 is 17.3 Å². The molecular weight excluding hydrogens is 314 g/mol. The van der Waals surface area contributed by atoms with E-state index < -0.39 is 0 Å². The van der Waals surface area contributed by atoms with Gasteiger partial charge in [0, 0.05) is 23.4 Å². The third-order valence-electron chi connectivity index (χ3n) is 3.90. The number of nitrogens with one attached hydrogen (secondary N) is 1. The van der Waals surface area contributed by atoms with Gasteiger partial charge in [0.2, 0.25) is 5.82 Å². The summed E-state index contributed by atoms with van der Waals surface area (Å²) in [5.41, 5.74) is 4.17. The molecule has 6 heteroatoms. The molecule has 0 radical (unpaired) electrons. The number of hydrogen-bond acceptors (Lipinski definition) is 5. The van der Waals surface area contributed by atoms with Crippen LogP contribution in [-0.4, -0.2) is 23.8 Å². The SMILES string of the molecule is COc1ccc(-c2nc(-c3ccc4c(c3)CCN4)no2)cc1Cl. The molecule has 0 unspecified atom stereocenters. The molecule has 5 nitrogen and oxygen atoms in total. The molecule has 0 saturated carbocycles. The Kier molecular flexibility index (Phi) is 3.42. The van der Waals surface area contributed by atoms with E-state index in [9.17, 15) is 0 Å². The minimum atomic E-state index is 0.433. The zero-order valence-electron chi connectivity index (χ0n) is 12.5. The summed E-state index contributed by atoms with van der Waals surface area (Å²) < 4.78 is 10.5. The van der Waals surface area contributed by atoms with E-state index in [0.717, 1.165) is 24.1 Å². The molecule has 116 valence electrons. The number of ether oxygens (including phenoxy) is 1. The van der Waals surface area contributed by atoms with E-state index in [1.165, 1.54) is 11.3 Å². The second-order valence-corrected chi connectivity index (χ2v) is 5.73. The van der Waals surface area contributed by atoms with E-state index in [0.29, 0.717) is 22.5 Å². The highest BCUT2D eigenvalue weighted by Gasteiger charge is 2.15. The van der Waals surface area contributed by atoms with Crippen molar-refractivity contribution in [3.63, 3.8) is 0 Å².